The van der Waals surface area contributed by atoms with E-state index in [9.17, 15) is 8.42 Å². The van der Waals surface area contributed by atoms with Crippen LogP contribution in [0.25, 0.3) is 0 Å². The van der Waals surface area contributed by atoms with E-state index < -0.39 is 10.0 Å². The van der Waals surface area contributed by atoms with Crippen LogP contribution in [0, 0.1) is 30.6 Å². The van der Waals surface area contributed by atoms with Crippen molar-refractivity contribution in [3.8, 4) is 11.8 Å². The second-order valence-electron chi connectivity index (χ2n) is 5.67. The number of nitrogens with two attached hydrogens (primary N) is 1. The van der Waals surface area contributed by atoms with E-state index >= 15 is 0 Å². The predicted octanol–water partition coefficient (Wildman–Crippen LogP) is 1.63. The Morgan fingerprint density at radius 2 is 2.14 bits per heavy atom. The first kappa shape index (κ1) is 16.0. The quantitative estimate of drug-likeness (QED) is 0.812. The molecule has 4 nitrogen and oxygen atoms in total. The molecule has 114 valence electrons. The van der Waals surface area contributed by atoms with Gasteiger partial charge in [-0.05, 0) is 49.3 Å². The molecule has 1 aromatic carbocycles. The number of sulfonamides is 1. The topological polar surface area (TPSA) is 72.2 Å². The molecular weight excluding hydrogens is 284 g/mol. The lowest BCUT2D eigenvalue weighted by Crippen LogP contribution is -2.29. The predicted molar refractivity (Wildman–Crippen MR) is 84.2 cm³/mol. The van der Waals surface area contributed by atoms with Crippen LogP contribution in [0.5, 0.6) is 0 Å². The molecule has 0 heterocycles. The second-order valence-corrected chi connectivity index (χ2v) is 7.41. The molecule has 1 unspecified atom stereocenters. The summed E-state index contributed by atoms with van der Waals surface area (Å²) in [4.78, 5) is 0.233. The minimum Gasteiger partial charge on any atom is -0.320 e. The summed E-state index contributed by atoms with van der Waals surface area (Å²) in [5.74, 6) is 6.62. The van der Waals surface area contributed by atoms with Crippen molar-refractivity contribution < 1.29 is 8.42 Å². The van der Waals surface area contributed by atoms with Gasteiger partial charge in [0, 0.05) is 12.1 Å². The Bertz CT molecular complexity index is 667. The van der Waals surface area contributed by atoms with Crippen molar-refractivity contribution in [2.24, 2.45) is 17.6 Å². The third-order valence-electron chi connectivity index (χ3n) is 3.77. The first-order valence-electron chi connectivity index (χ1n) is 7.23. The van der Waals surface area contributed by atoms with E-state index in [4.69, 9.17) is 5.73 Å². The summed E-state index contributed by atoms with van der Waals surface area (Å²) in [5.41, 5.74) is 6.85. The Morgan fingerprint density at radius 1 is 1.43 bits per heavy atom. The number of aryl methyl sites for hydroxylation is 1. The molecule has 1 aliphatic rings. The number of hydrogen-bond donors (Lipinski definition) is 2. The molecule has 0 spiro atoms. The fraction of sp³-hybridized carbons (Fsp3) is 0.500. The van der Waals surface area contributed by atoms with Crippen molar-refractivity contribution in [3.05, 3.63) is 29.3 Å². The van der Waals surface area contributed by atoms with Crippen LogP contribution >= 0.6 is 0 Å². The summed E-state index contributed by atoms with van der Waals surface area (Å²) in [6.45, 7) is 4.68. The maximum atomic E-state index is 12.5. The van der Waals surface area contributed by atoms with Gasteiger partial charge in [-0.25, -0.2) is 13.1 Å². The van der Waals surface area contributed by atoms with Crippen LogP contribution < -0.4 is 10.5 Å². The van der Waals surface area contributed by atoms with Gasteiger partial charge in [0.2, 0.25) is 10.0 Å². The molecule has 1 aromatic rings. The van der Waals surface area contributed by atoms with Crippen molar-refractivity contribution in [3.63, 3.8) is 0 Å². The molecule has 21 heavy (non-hydrogen) atoms. The van der Waals surface area contributed by atoms with Gasteiger partial charge >= 0.3 is 0 Å². The van der Waals surface area contributed by atoms with Gasteiger partial charge < -0.3 is 5.73 Å². The largest absolute Gasteiger partial charge is 0.320 e. The van der Waals surface area contributed by atoms with Gasteiger partial charge in [-0.1, -0.05) is 24.8 Å². The average Bonchev–Trinajstić information content (AvgIpc) is 3.27. The minimum atomic E-state index is -3.53. The number of rotatable bonds is 5. The monoisotopic (exact) mass is 306 g/mol. The molecule has 0 aromatic heterocycles. The highest BCUT2D eigenvalue weighted by molar-refractivity contribution is 7.89. The van der Waals surface area contributed by atoms with Gasteiger partial charge in [-0.3, -0.25) is 0 Å². The van der Waals surface area contributed by atoms with E-state index in [-0.39, 0.29) is 11.4 Å². The number of hydrogen-bond acceptors (Lipinski definition) is 3. The molecule has 2 rings (SSSR count). The highest BCUT2D eigenvalue weighted by Crippen LogP contribution is 2.36. The van der Waals surface area contributed by atoms with Crippen molar-refractivity contribution in [1.82, 2.24) is 4.72 Å². The van der Waals surface area contributed by atoms with Gasteiger partial charge in [0.15, 0.2) is 0 Å². The average molecular weight is 306 g/mol. The smallest absolute Gasteiger partial charge is 0.241 e. The van der Waals surface area contributed by atoms with Crippen LogP contribution in [0.2, 0.25) is 0 Å². The van der Waals surface area contributed by atoms with Crippen molar-refractivity contribution in [1.29, 1.82) is 0 Å². The van der Waals surface area contributed by atoms with Crippen LogP contribution in [-0.2, 0) is 10.0 Å². The van der Waals surface area contributed by atoms with E-state index in [1.807, 2.05) is 6.92 Å². The maximum absolute atomic E-state index is 12.5. The molecule has 3 N–H and O–H groups in total. The number of nitrogens with one attached hydrogen (secondary N) is 1. The molecule has 1 saturated carbocycles. The lowest BCUT2D eigenvalue weighted by molar-refractivity contribution is 0.492. The molecule has 1 fully saturated rings. The molecule has 0 bridgehead atoms. The minimum absolute atomic E-state index is 0.208. The summed E-state index contributed by atoms with van der Waals surface area (Å²) in [6, 6.07) is 5.17. The normalized spacial score (nSPS) is 16.1. The Kier molecular flexibility index (Phi) is 5.04. The van der Waals surface area contributed by atoms with Crippen molar-refractivity contribution >= 4 is 10.0 Å². The van der Waals surface area contributed by atoms with Crippen LogP contribution in [-0.4, -0.2) is 21.5 Å². The molecule has 1 atom stereocenters. The molecular formula is C16H22N2O2S. The van der Waals surface area contributed by atoms with E-state index in [1.54, 1.807) is 18.2 Å². The number of benzene rings is 1. The van der Waals surface area contributed by atoms with E-state index in [2.05, 4.69) is 23.5 Å². The first-order valence-corrected chi connectivity index (χ1v) is 8.71. The molecule has 1 aliphatic carbocycles. The zero-order valence-corrected chi connectivity index (χ0v) is 13.3. The van der Waals surface area contributed by atoms with Crippen LogP contribution in [0.15, 0.2) is 23.1 Å². The Labute approximate surface area is 127 Å². The Hall–Kier alpha value is -1.35. The lowest BCUT2D eigenvalue weighted by Gasteiger charge is -2.13. The zero-order valence-electron chi connectivity index (χ0n) is 12.5. The molecule has 0 aliphatic heterocycles. The summed E-state index contributed by atoms with van der Waals surface area (Å²) in [5, 5.41) is 0. The fourth-order valence-corrected chi connectivity index (χ4v) is 3.56. The van der Waals surface area contributed by atoms with E-state index in [0.29, 0.717) is 23.9 Å². The third-order valence-corrected chi connectivity index (χ3v) is 5.25. The molecule has 5 heteroatoms. The highest BCUT2D eigenvalue weighted by atomic mass is 32.2. The summed E-state index contributed by atoms with van der Waals surface area (Å²) < 4.78 is 27.6. The van der Waals surface area contributed by atoms with Gasteiger partial charge in [0.05, 0.1) is 11.4 Å². The summed E-state index contributed by atoms with van der Waals surface area (Å²) in [7, 11) is -3.53. The van der Waals surface area contributed by atoms with Crippen LogP contribution in [0.1, 0.15) is 30.9 Å². The van der Waals surface area contributed by atoms with Crippen molar-refractivity contribution in [2.45, 2.75) is 31.6 Å². The molecule has 0 amide bonds. The zero-order chi connectivity index (χ0) is 15.5. The van der Waals surface area contributed by atoms with E-state index in [0.717, 1.165) is 5.56 Å². The lowest BCUT2D eigenvalue weighted by atomic mass is 10.1. The summed E-state index contributed by atoms with van der Waals surface area (Å²) >= 11 is 0. The Morgan fingerprint density at radius 3 is 2.76 bits per heavy atom. The maximum Gasteiger partial charge on any atom is 0.241 e. The van der Waals surface area contributed by atoms with Crippen LogP contribution in [0.3, 0.4) is 0 Å². The Balaban J connectivity index is 2.21. The SMILES string of the molecule is Cc1ccc(S(=O)(=O)NCC(C)C2CC2)c(C#CCN)c1. The summed E-state index contributed by atoms with van der Waals surface area (Å²) in [6.07, 6.45) is 2.42. The molecule has 0 saturated heterocycles. The van der Waals surface area contributed by atoms with Gasteiger partial charge in [-0.15, -0.1) is 0 Å². The second kappa shape index (κ2) is 6.61. The fourth-order valence-electron chi connectivity index (χ4n) is 2.27. The van der Waals surface area contributed by atoms with Gasteiger partial charge in [0.25, 0.3) is 0 Å². The van der Waals surface area contributed by atoms with Crippen molar-refractivity contribution in [2.75, 3.05) is 13.1 Å². The third kappa shape index (κ3) is 4.31. The van der Waals surface area contributed by atoms with Gasteiger partial charge in [0.1, 0.15) is 0 Å². The standard InChI is InChI=1S/C16H22N2O2S/c1-12-5-8-16(15(10-12)4-3-9-17)21(19,20)18-11-13(2)14-6-7-14/h5,8,10,13-14,18H,6-7,9,11,17H2,1-2H3. The molecule has 0 radical (unpaired) electrons. The van der Waals surface area contributed by atoms with Gasteiger partial charge in [-0.2, -0.15) is 0 Å². The highest BCUT2D eigenvalue weighted by Gasteiger charge is 2.29. The van der Waals surface area contributed by atoms with Crippen LogP contribution in [0.4, 0.5) is 0 Å². The first-order chi connectivity index (χ1) is 9.94. The van der Waals surface area contributed by atoms with E-state index in [1.165, 1.54) is 12.8 Å².